The minimum absolute atomic E-state index is 0.000174. The quantitative estimate of drug-likeness (QED) is 0.250. The number of rotatable bonds is 7. The largest absolute Gasteiger partial charge is 0.491 e. The molecular formula is C27H18ClF2N5O4S. The lowest BCUT2D eigenvalue weighted by Gasteiger charge is -2.16. The summed E-state index contributed by atoms with van der Waals surface area (Å²) in [6, 6.07) is 8.46. The molecule has 5 rings (SSSR count). The Balaban J connectivity index is 1.52. The molecule has 0 spiro atoms. The van der Waals surface area contributed by atoms with Gasteiger partial charge in [-0.25, -0.2) is 18.6 Å². The molecule has 0 atom stereocenters. The smallest absolute Gasteiger partial charge is 0.338 e. The molecule has 0 radical (unpaired) electrons. The van der Waals surface area contributed by atoms with Crippen LogP contribution in [0.3, 0.4) is 0 Å². The molecule has 0 aliphatic heterocycles. The van der Waals surface area contributed by atoms with E-state index in [1.54, 1.807) is 38.1 Å². The van der Waals surface area contributed by atoms with Gasteiger partial charge in [-0.15, -0.1) is 11.3 Å². The summed E-state index contributed by atoms with van der Waals surface area (Å²) in [6.45, 7) is 3.31. The number of aromatic carboxylic acids is 1. The molecule has 0 unspecified atom stereocenters. The summed E-state index contributed by atoms with van der Waals surface area (Å²) >= 11 is 7.54. The number of fused-ring (bicyclic) bond motifs is 2. The molecule has 9 nitrogen and oxygen atoms in total. The van der Waals surface area contributed by atoms with Gasteiger partial charge in [-0.1, -0.05) is 11.6 Å². The van der Waals surface area contributed by atoms with Crippen molar-refractivity contribution in [2.75, 3.05) is 6.61 Å². The number of carbonyl (C=O) groups is 1. The number of ether oxygens (including phenoxy) is 1. The van der Waals surface area contributed by atoms with E-state index in [0.29, 0.717) is 43.6 Å². The van der Waals surface area contributed by atoms with Crippen LogP contribution in [0.5, 0.6) is 5.75 Å². The Kier molecular flexibility index (Phi) is 7.18. The Morgan fingerprint density at radius 1 is 1.25 bits per heavy atom. The number of hydrogen-bond donors (Lipinski definition) is 1. The van der Waals surface area contributed by atoms with Crippen LogP contribution in [-0.2, 0) is 6.54 Å². The fourth-order valence-electron chi connectivity index (χ4n) is 4.45. The van der Waals surface area contributed by atoms with Crippen molar-refractivity contribution >= 4 is 50.0 Å². The summed E-state index contributed by atoms with van der Waals surface area (Å²) < 4.78 is 34.8. The van der Waals surface area contributed by atoms with E-state index in [9.17, 15) is 28.7 Å². The monoisotopic (exact) mass is 581 g/mol. The van der Waals surface area contributed by atoms with Crippen LogP contribution in [0.1, 0.15) is 39.6 Å². The minimum atomic E-state index is -3.03. The fourth-order valence-corrected chi connectivity index (χ4v) is 5.63. The van der Waals surface area contributed by atoms with Crippen LogP contribution in [0.25, 0.3) is 32.2 Å². The normalized spacial score (nSPS) is 11.3. The second-order valence-electron chi connectivity index (χ2n) is 8.74. The van der Waals surface area contributed by atoms with Gasteiger partial charge >= 0.3 is 5.97 Å². The number of halogens is 3. The van der Waals surface area contributed by atoms with Crippen molar-refractivity contribution in [2.24, 2.45) is 0 Å². The first-order chi connectivity index (χ1) is 19.1. The van der Waals surface area contributed by atoms with E-state index in [0.717, 1.165) is 6.20 Å². The van der Waals surface area contributed by atoms with Gasteiger partial charge in [0.05, 0.1) is 45.0 Å². The van der Waals surface area contributed by atoms with Gasteiger partial charge in [0.25, 0.3) is 12.0 Å². The highest BCUT2D eigenvalue weighted by molar-refractivity contribution is 7.18. The Bertz CT molecular complexity index is 1930. The predicted molar refractivity (Wildman–Crippen MR) is 145 cm³/mol. The second-order valence-corrected chi connectivity index (χ2v) is 10.1. The number of pyridine rings is 2. The standard InChI is InChI=1S/C27H18ClF2N5O4S/c1-12-7-16(24-22(33-12)18(11-40-24)27(37)38)15-8-14(28)3-4-20(15)39-6-5-35-13(2)34-19-10-32-23(25(29)30)17(9-31)21(19)26(35)36/h3-4,7-8,10-11,25H,5-6H2,1-2H3,(H,37,38). The lowest BCUT2D eigenvalue weighted by Crippen LogP contribution is -2.27. The predicted octanol–water partition coefficient (Wildman–Crippen LogP) is 5.92. The topological polar surface area (TPSA) is 131 Å². The first-order valence-electron chi connectivity index (χ1n) is 11.7. The van der Waals surface area contributed by atoms with E-state index >= 15 is 0 Å². The minimum Gasteiger partial charge on any atom is -0.491 e. The van der Waals surface area contributed by atoms with Crippen molar-refractivity contribution in [1.29, 1.82) is 5.26 Å². The number of nitrogens with zero attached hydrogens (tertiary/aromatic N) is 5. The summed E-state index contributed by atoms with van der Waals surface area (Å²) in [7, 11) is 0. The van der Waals surface area contributed by atoms with Gasteiger partial charge in [0.15, 0.2) is 0 Å². The van der Waals surface area contributed by atoms with Crippen LogP contribution in [0.15, 0.2) is 40.6 Å². The zero-order chi connectivity index (χ0) is 28.7. The van der Waals surface area contributed by atoms with Crippen molar-refractivity contribution in [3.63, 3.8) is 0 Å². The van der Waals surface area contributed by atoms with Crippen molar-refractivity contribution in [2.45, 2.75) is 26.8 Å². The molecule has 0 bridgehead atoms. The van der Waals surface area contributed by atoms with Crippen LogP contribution >= 0.6 is 22.9 Å². The number of alkyl halides is 2. The Hall–Kier alpha value is -4.47. The molecule has 0 saturated carbocycles. The van der Waals surface area contributed by atoms with Crippen molar-refractivity contribution in [1.82, 2.24) is 19.5 Å². The zero-order valence-electron chi connectivity index (χ0n) is 20.9. The maximum atomic E-state index is 13.4. The van der Waals surface area contributed by atoms with E-state index in [4.69, 9.17) is 16.3 Å². The summed E-state index contributed by atoms with van der Waals surface area (Å²) in [5.74, 6) is -0.374. The van der Waals surface area contributed by atoms with Crippen LogP contribution in [0.2, 0.25) is 5.02 Å². The summed E-state index contributed by atoms with van der Waals surface area (Å²) in [4.78, 5) is 37.3. The molecular weight excluding hydrogens is 564 g/mol. The number of hydrogen-bond acceptors (Lipinski definition) is 8. The lowest BCUT2D eigenvalue weighted by molar-refractivity contribution is 0.0699. The molecule has 4 heterocycles. The van der Waals surface area contributed by atoms with E-state index in [-0.39, 0.29) is 29.6 Å². The molecule has 0 aliphatic rings. The van der Waals surface area contributed by atoms with Crippen molar-refractivity contribution < 1.29 is 23.4 Å². The molecule has 4 aromatic heterocycles. The van der Waals surface area contributed by atoms with E-state index in [2.05, 4.69) is 15.0 Å². The third-order valence-corrected chi connectivity index (χ3v) is 7.46. The number of carboxylic acids is 1. The van der Waals surface area contributed by atoms with Crippen LogP contribution in [0.4, 0.5) is 8.78 Å². The molecule has 0 fully saturated rings. The SMILES string of the molecule is Cc1cc(-c2cc(Cl)ccc2OCCn2c(C)nc3cnc(C(F)F)c(C#N)c3c2=O)c2scc(C(=O)O)c2n1. The molecule has 0 amide bonds. The number of nitriles is 1. The molecule has 0 saturated heterocycles. The van der Waals surface area contributed by atoms with Crippen LogP contribution in [0, 0.1) is 25.2 Å². The summed E-state index contributed by atoms with van der Waals surface area (Å²) in [5.41, 5.74) is 0.446. The maximum Gasteiger partial charge on any atom is 0.338 e. The molecule has 40 heavy (non-hydrogen) atoms. The summed E-state index contributed by atoms with van der Waals surface area (Å²) in [5, 5.41) is 20.8. The summed E-state index contributed by atoms with van der Waals surface area (Å²) in [6.07, 6.45) is -1.97. The third-order valence-electron chi connectivity index (χ3n) is 6.22. The number of benzene rings is 1. The number of carboxylic acid groups (broad SMARTS) is 1. The Morgan fingerprint density at radius 3 is 2.73 bits per heavy atom. The van der Waals surface area contributed by atoms with E-state index in [1.165, 1.54) is 21.3 Å². The van der Waals surface area contributed by atoms with E-state index < -0.39 is 29.2 Å². The molecule has 1 N–H and O–H groups in total. The third kappa shape index (κ3) is 4.74. The average Bonchev–Trinajstić information content (AvgIpc) is 3.34. The molecule has 13 heteroatoms. The number of aryl methyl sites for hydroxylation is 2. The van der Waals surface area contributed by atoms with Gasteiger partial charge in [-0.3, -0.25) is 19.3 Å². The Labute approximate surface area is 233 Å². The average molecular weight is 582 g/mol. The van der Waals surface area contributed by atoms with Gasteiger partial charge in [0.1, 0.15) is 29.9 Å². The second kappa shape index (κ2) is 10.6. The highest BCUT2D eigenvalue weighted by Gasteiger charge is 2.22. The molecule has 1 aromatic carbocycles. The molecule has 0 aliphatic carbocycles. The van der Waals surface area contributed by atoms with Crippen LogP contribution in [-0.4, -0.2) is 37.2 Å². The van der Waals surface area contributed by atoms with Gasteiger partial charge in [-0.05, 0) is 38.1 Å². The first-order valence-corrected chi connectivity index (χ1v) is 13.0. The van der Waals surface area contributed by atoms with Crippen LogP contribution < -0.4 is 10.3 Å². The van der Waals surface area contributed by atoms with E-state index in [1.807, 2.05) is 6.07 Å². The maximum absolute atomic E-state index is 13.4. The molecule has 202 valence electrons. The highest BCUT2D eigenvalue weighted by atomic mass is 35.5. The zero-order valence-corrected chi connectivity index (χ0v) is 22.5. The van der Waals surface area contributed by atoms with Gasteiger partial charge in [0.2, 0.25) is 0 Å². The van der Waals surface area contributed by atoms with Crippen molar-refractivity contribution in [3.05, 3.63) is 79.6 Å². The number of thiophene rings is 1. The van der Waals surface area contributed by atoms with Gasteiger partial charge in [-0.2, -0.15) is 5.26 Å². The lowest BCUT2D eigenvalue weighted by atomic mass is 10.0. The number of aromatic nitrogens is 4. The molecule has 5 aromatic rings. The van der Waals surface area contributed by atoms with Gasteiger partial charge < -0.3 is 9.84 Å². The first kappa shape index (κ1) is 27.1. The fraction of sp³-hybridized carbons (Fsp3) is 0.185. The van der Waals surface area contributed by atoms with Crippen molar-refractivity contribution in [3.8, 4) is 22.9 Å². The highest BCUT2D eigenvalue weighted by Crippen LogP contribution is 2.40. The van der Waals surface area contributed by atoms with Gasteiger partial charge in [0, 0.05) is 27.2 Å². The Morgan fingerprint density at radius 2 is 2.02 bits per heavy atom.